The molecule has 232 valence electrons. The molecule has 1 atom stereocenters. The van der Waals surface area contributed by atoms with Crippen LogP contribution in [0.3, 0.4) is 0 Å². The van der Waals surface area contributed by atoms with Crippen LogP contribution in [0.5, 0.6) is 5.75 Å². The fourth-order valence-corrected chi connectivity index (χ4v) is 7.97. The molecule has 0 unspecified atom stereocenters. The minimum atomic E-state index is -3.96. The Labute approximate surface area is 263 Å². The van der Waals surface area contributed by atoms with Gasteiger partial charge in [-0.3, -0.25) is 19.3 Å². The standard InChI is InChI=1S/C32H30N4O7S2/c37-29(21-10-13-28-25(17-21)35-30(38)24-5-1-2-7-27(24)45(28,41)42)33-18-23-19-34-31(44-23)20-8-11-22(12-9-20)43-16-4-15-36-14-3-6-26(36)32(39)40/h1-2,5,7-13,17,19,26H,3-4,6,14-16,18H2,(H,33,37)(H,35,38)(H,39,40)/t26-/m0/s1. The van der Waals surface area contributed by atoms with Crippen LogP contribution in [0.2, 0.25) is 0 Å². The number of ether oxygens (including phenoxy) is 1. The van der Waals surface area contributed by atoms with E-state index in [1.807, 2.05) is 29.2 Å². The molecule has 3 heterocycles. The molecule has 1 aromatic heterocycles. The number of nitrogens with one attached hydrogen (secondary N) is 2. The zero-order valence-electron chi connectivity index (χ0n) is 24.1. The van der Waals surface area contributed by atoms with E-state index in [1.54, 1.807) is 18.3 Å². The van der Waals surface area contributed by atoms with E-state index >= 15 is 0 Å². The Hall–Kier alpha value is -4.59. The van der Waals surface area contributed by atoms with Gasteiger partial charge < -0.3 is 20.5 Å². The summed E-state index contributed by atoms with van der Waals surface area (Å²) in [6, 6.07) is 17.3. The Bertz CT molecular complexity index is 1870. The highest BCUT2D eigenvalue weighted by Crippen LogP contribution is 2.34. The summed E-state index contributed by atoms with van der Waals surface area (Å²) in [5.74, 6) is -1.03. The molecule has 0 radical (unpaired) electrons. The van der Waals surface area contributed by atoms with Crippen LogP contribution in [0.25, 0.3) is 10.6 Å². The second-order valence-corrected chi connectivity index (χ2v) is 13.7. The second-order valence-electron chi connectivity index (χ2n) is 10.7. The number of aromatic nitrogens is 1. The molecule has 0 saturated carbocycles. The minimum Gasteiger partial charge on any atom is -0.494 e. The maximum absolute atomic E-state index is 13.2. The number of hydrogen-bond acceptors (Lipinski definition) is 9. The Morgan fingerprint density at radius 2 is 1.89 bits per heavy atom. The van der Waals surface area contributed by atoms with Crippen LogP contribution >= 0.6 is 11.3 Å². The summed E-state index contributed by atoms with van der Waals surface area (Å²) < 4.78 is 32.2. The number of aliphatic carboxylic acids is 1. The molecule has 4 aromatic rings. The summed E-state index contributed by atoms with van der Waals surface area (Å²) in [5.41, 5.74) is 1.20. The number of likely N-dealkylation sites (tertiary alicyclic amines) is 1. The fraction of sp³-hybridized carbons (Fsp3) is 0.250. The lowest BCUT2D eigenvalue weighted by atomic mass is 10.1. The molecule has 13 heteroatoms. The van der Waals surface area contributed by atoms with Crippen LogP contribution in [0.4, 0.5) is 5.69 Å². The Kier molecular flexibility index (Phi) is 8.65. The fourth-order valence-electron chi connectivity index (χ4n) is 5.52. The van der Waals surface area contributed by atoms with E-state index in [0.717, 1.165) is 34.8 Å². The van der Waals surface area contributed by atoms with Crippen LogP contribution in [-0.4, -0.2) is 66.9 Å². The molecular formula is C32H30N4O7S2. The van der Waals surface area contributed by atoms with Gasteiger partial charge in [0, 0.05) is 28.7 Å². The number of thiazole rings is 1. The first-order valence-electron chi connectivity index (χ1n) is 14.4. The molecule has 6 rings (SSSR count). The molecule has 0 bridgehead atoms. The lowest BCUT2D eigenvalue weighted by Gasteiger charge is -2.20. The summed E-state index contributed by atoms with van der Waals surface area (Å²) >= 11 is 1.43. The molecule has 11 nitrogen and oxygen atoms in total. The highest BCUT2D eigenvalue weighted by atomic mass is 32.2. The number of fused-ring (bicyclic) bond motifs is 2. The highest BCUT2D eigenvalue weighted by molar-refractivity contribution is 7.91. The largest absolute Gasteiger partial charge is 0.494 e. The number of rotatable bonds is 10. The number of anilines is 1. The number of hydrogen-bond donors (Lipinski definition) is 3. The first-order chi connectivity index (χ1) is 21.7. The van der Waals surface area contributed by atoms with Crippen LogP contribution in [0.1, 0.15) is 44.9 Å². The third-order valence-corrected chi connectivity index (χ3v) is 10.7. The Morgan fingerprint density at radius 3 is 2.69 bits per heavy atom. The lowest BCUT2D eigenvalue weighted by Crippen LogP contribution is -2.36. The van der Waals surface area contributed by atoms with Crippen molar-refractivity contribution in [2.24, 2.45) is 0 Å². The topological polar surface area (TPSA) is 155 Å². The van der Waals surface area contributed by atoms with Gasteiger partial charge in [-0.2, -0.15) is 0 Å². The van der Waals surface area contributed by atoms with Gasteiger partial charge in [0.25, 0.3) is 11.8 Å². The minimum absolute atomic E-state index is 0.0491. The van der Waals surface area contributed by atoms with E-state index in [-0.39, 0.29) is 33.2 Å². The molecule has 3 N–H and O–H groups in total. The molecule has 3 aromatic carbocycles. The summed E-state index contributed by atoms with van der Waals surface area (Å²) in [6.45, 7) is 2.20. The average molecular weight is 647 g/mol. The van der Waals surface area contributed by atoms with Crippen molar-refractivity contribution in [1.82, 2.24) is 15.2 Å². The quantitative estimate of drug-likeness (QED) is 0.212. The number of carbonyl (C=O) groups is 3. The average Bonchev–Trinajstić information content (AvgIpc) is 3.71. The van der Waals surface area contributed by atoms with Crippen molar-refractivity contribution >= 4 is 44.6 Å². The maximum Gasteiger partial charge on any atom is 0.320 e. The Balaban J connectivity index is 1.03. The van der Waals surface area contributed by atoms with Gasteiger partial charge >= 0.3 is 5.97 Å². The third-order valence-electron chi connectivity index (χ3n) is 7.79. The van der Waals surface area contributed by atoms with Gasteiger partial charge in [-0.1, -0.05) is 12.1 Å². The van der Waals surface area contributed by atoms with Crippen molar-refractivity contribution in [3.05, 3.63) is 88.9 Å². The van der Waals surface area contributed by atoms with E-state index < -0.39 is 33.7 Å². The summed E-state index contributed by atoms with van der Waals surface area (Å²) in [4.78, 5) is 44.1. The monoisotopic (exact) mass is 646 g/mol. The number of carboxylic acid groups (broad SMARTS) is 1. The van der Waals surface area contributed by atoms with Crippen molar-refractivity contribution in [3.63, 3.8) is 0 Å². The van der Waals surface area contributed by atoms with Crippen molar-refractivity contribution in [1.29, 1.82) is 0 Å². The zero-order valence-corrected chi connectivity index (χ0v) is 25.7. The van der Waals surface area contributed by atoms with E-state index in [0.29, 0.717) is 25.3 Å². The van der Waals surface area contributed by atoms with Gasteiger partial charge in [-0.05, 0) is 80.4 Å². The number of nitrogens with zero attached hydrogens (tertiary/aromatic N) is 2. The zero-order chi connectivity index (χ0) is 31.6. The van der Waals surface area contributed by atoms with E-state index in [9.17, 15) is 27.9 Å². The number of sulfone groups is 1. The van der Waals surface area contributed by atoms with E-state index in [4.69, 9.17) is 4.74 Å². The molecule has 2 aliphatic rings. The first-order valence-corrected chi connectivity index (χ1v) is 16.7. The lowest BCUT2D eigenvalue weighted by molar-refractivity contribution is -0.142. The molecule has 1 saturated heterocycles. The van der Waals surface area contributed by atoms with Crippen molar-refractivity contribution in [2.45, 2.75) is 41.6 Å². The van der Waals surface area contributed by atoms with Crippen LogP contribution < -0.4 is 15.4 Å². The molecule has 2 amide bonds. The van der Waals surface area contributed by atoms with Gasteiger partial charge in [-0.25, -0.2) is 13.4 Å². The molecule has 45 heavy (non-hydrogen) atoms. The van der Waals surface area contributed by atoms with Crippen LogP contribution in [0, 0.1) is 0 Å². The number of carbonyl (C=O) groups excluding carboxylic acids is 2. The smallest absolute Gasteiger partial charge is 0.320 e. The maximum atomic E-state index is 13.2. The third kappa shape index (κ3) is 6.46. The van der Waals surface area contributed by atoms with Gasteiger partial charge in [0.05, 0.1) is 34.2 Å². The predicted molar refractivity (Wildman–Crippen MR) is 167 cm³/mol. The van der Waals surface area contributed by atoms with Gasteiger partial charge in [-0.15, -0.1) is 11.3 Å². The predicted octanol–water partition coefficient (Wildman–Crippen LogP) is 4.46. The number of carboxylic acids is 1. The van der Waals surface area contributed by atoms with Crippen LogP contribution in [-0.2, 0) is 21.2 Å². The molecule has 1 fully saturated rings. The molecule has 0 aliphatic carbocycles. The van der Waals surface area contributed by atoms with Crippen molar-refractivity contribution < 1.29 is 32.6 Å². The second kappa shape index (κ2) is 12.8. The summed E-state index contributed by atoms with van der Waals surface area (Å²) in [6.07, 6.45) is 4.03. The summed E-state index contributed by atoms with van der Waals surface area (Å²) in [5, 5.41) is 15.5. The molecular weight excluding hydrogens is 617 g/mol. The molecule has 2 aliphatic heterocycles. The summed E-state index contributed by atoms with van der Waals surface area (Å²) in [7, 11) is -3.96. The van der Waals surface area contributed by atoms with Crippen molar-refractivity contribution in [3.8, 4) is 16.3 Å². The normalized spacial score (nSPS) is 17.1. The SMILES string of the molecule is O=C(NCc1cnc(-c2ccc(OCCCN3CCC[C@H]3C(=O)O)cc2)s1)c1ccc2c(c1)NC(=O)c1ccccc1S2(=O)=O. The number of amides is 2. The number of benzene rings is 3. The highest BCUT2D eigenvalue weighted by Gasteiger charge is 2.32. The van der Waals surface area contributed by atoms with Gasteiger partial charge in [0.1, 0.15) is 16.8 Å². The Morgan fingerprint density at radius 1 is 1.09 bits per heavy atom. The van der Waals surface area contributed by atoms with E-state index in [2.05, 4.69) is 15.6 Å². The first kappa shape index (κ1) is 30.4. The molecule has 0 spiro atoms. The van der Waals surface area contributed by atoms with Crippen LogP contribution in [0.15, 0.2) is 82.7 Å². The van der Waals surface area contributed by atoms with Gasteiger partial charge in [0.15, 0.2) is 0 Å². The van der Waals surface area contributed by atoms with E-state index in [1.165, 1.54) is 41.7 Å². The van der Waals surface area contributed by atoms with Crippen molar-refractivity contribution in [2.75, 3.05) is 25.0 Å². The van der Waals surface area contributed by atoms with Gasteiger partial charge in [0.2, 0.25) is 9.84 Å².